The van der Waals surface area contributed by atoms with E-state index in [9.17, 15) is 19.2 Å². The summed E-state index contributed by atoms with van der Waals surface area (Å²) >= 11 is 1.53. The number of nitrogens with two attached hydrogens (primary N) is 1. The lowest BCUT2D eigenvalue weighted by Crippen LogP contribution is -2.44. The van der Waals surface area contributed by atoms with Gasteiger partial charge in [0.25, 0.3) is 5.91 Å². The molecule has 4 amide bonds. The van der Waals surface area contributed by atoms with Crippen molar-refractivity contribution in [3.05, 3.63) is 0 Å². The van der Waals surface area contributed by atoms with Gasteiger partial charge in [0.05, 0.1) is 0 Å². The molecular weight excluding hydrogens is 301 g/mol. The van der Waals surface area contributed by atoms with E-state index in [0.717, 1.165) is 4.90 Å². The lowest BCUT2D eigenvalue weighted by molar-refractivity contribution is -0.132. The van der Waals surface area contributed by atoms with E-state index in [4.69, 9.17) is 5.73 Å². The summed E-state index contributed by atoms with van der Waals surface area (Å²) in [6, 6.07) is -2.15. The van der Waals surface area contributed by atoms with Crippen LogP contribution in [0.4, 0.5) is 4.79 Å². The third-order valence-electron chi connectivity index (χ3n) is 2.97. The Labute approximate surface area is 123 Å². The van der Waals surface area contributed by atoms with Crippen molar-refractivity contribution in [3.63, 3.8) is 0 Å². The molecule has 3 atom stereocenters. The molecule has 20 heavy (non-hydrogen) atoms. The zero-order valence-electron chi connectivity index (χ0n) is 11.1. The van der Waals surface area contributed by atoms with Crippen molar-refractivity contribution in [2.24, 2.45) is 5.73 Å². The van der Waals surface area contributed by atoms with Crippen molar-refractivity contribution in [2.75, 3.05) is 12.0 Å². The minimum Gasteiger partial charge on any atom is -0.370 e. The van der Waals surface area contributed by atoms with Gasteiger partial charge >= 0.3 is 6.03 Å². The van der Waals surface area contributed by atoms with E-state index in [0.29, 0.717) is 12.2 Å². The molecule has 112 valence electrons. The van der Waals surface area contributed by atoms with Crippen molar-refractivity contribution in [1.29, 1.82) is 0 Å². The van der Waals surface area contributed by atoms with Gasteiger partial charge in [-0.05, 0) is 24.9 Å². The Morgan fingerprint density at radius 1 is 1.50 bits per heavy atom. The average molecular weight is 319 g/mol. The maximum Gasteiger partial charge on any atom is 0.325 e. The lowest BCUT2D eigenvalue weighted by Gasteiger charge is -2.22. The molecule has 1 heterocycles. The Hall–Kier alpha value is -1.14. The Morgan fingerprint density at radius 3 is 2.65 bits per heavy atom. The van der Waals surface area contributed by atoms with Crippen molar-refractivity contribution in [2.45, 2.75) is 31.3 Å². The molecule has 3 unspecified atom stereocenters. The van der Waals surface area contributed by atoms with Crippen LogP contribution in [0.2, 0.25) is 0 Å². The van der Waals surface area contributed by atoms with Crippen LogP contribution in [0.5, 0.6) is 0 Å². The first-order valence-corrected chi connectivity index (χ1v) is 8.05. The molecule has 1 aliphatic rings. The largest absolute Gasteiger partial charge is 0.370 e. The zero-order valence-corrected chi connectivity index (χ0v) is 13.1. The summed E-state index contributed by atoms with van der Waals surface area (Å²) < 4.78 is 0. The van der Waals surface area contributed by atoms with E-state index in [1.54, 1.807) is 0 Å². The van der Waals surface area contributed by atoms with Gasteiger partial charge < -0.3 is 11.1 Å². The van der Waals surface area contributed by atoms with Gasteiger partial charge in [0, 0.05) is 6.42 Å². The molecule has 7 nitrogen and oxygen atoms in total. The van der Waals surface area contributed by atoms with Gasteiger partial charge in [0.15, 0.2) is 5.52 Å². The van der Waals surface area contributed by atoms with Gasteiger partial charge in [-0.15, -0.1) is 0 Å². The highest BCUT2D eigenvalue weighted by molar-refractivity contribution is 7.98. The van der Waals surface area contributed by atoms with Gasteiger partial charge in [0.1, 0.15) is 12.1 Å². The molecule has 0 aromatic carbocycles. The highest BCUT2D eigenvalue weighted by atomic mass is 32.2. The summed E-state index contributed by atoms with van der Waals surface area (Å²) in [7, 11) is 2.01. The fourth-order valence-electron chi connectivity index (χ4n) is 1.95. The van der Waals surface area contributed by atoms with E-state index >= 15 is 0 Å². The van der Waals surface area contributed by atoms with Crippen LogP contribution in [0.3, 0.4) is 0 Å². The third kappa shape index (κ3) is 4.18. The Morgan fingerprint density at radius 2 is 2.15 bits per heavy atom. The fraction of sp³-hybridized carbons (Fsp3) is 0.636. The Bertz CT molecular complexity index is 432. The third-order valence-corrected chi connectivity index (χ3v) is 4.00. The number of hydrogen-bond acceptors (Lipinski definition) is 5. The number of imide groups is 1. The number of hydrogen-bond donors (Lipinski definition) is 2. The fourth-order valence-corrected chi connectivity index (χ4v) is 2.73. The maximum atomic E-state index is 12.2. The first kappa shape index (κ1) is 16.9. The zero-order chi connectivity index (χ0) is 15.3. The van der Waals surface area contributed by atoms with E-state index in [2.05, 4.69) is 5.32 Å². The quantitative estimate of drug-likeness (QED) is 0.471. The summed E-state index contributed by atoms with van der Waals surface area (Å²) in [6.07, 6.45) is 2.45. The predicted molar refractivity (Wildman–Crippen MR) is 79.1 cm³/mol. The molecule has 3 N–H and O–H groups in total. The summed E-state index contributed by atoms with van der Waals surface area (Å²) in [5, 5.41) is 2.48. The number of carbonyl (C=O) groups excluding carboxylic acids is 4. The highest BCUT2D eigenvalue weighted by Crippen LogP contribution is 2.20. The number of nitrogens with zero attached hydrogens (tertiary/aromatic N) is 1. The lowest BCUT2D eigenvalue weighted by atomic mass is 10.1. The van der Waals surface area contributed by atoms with Crippen LogP contribution in [0.15, 0.2) is 0 Å². The molecular formula is C11H18N3O4PS. The normalized spacial score (nSPS) is 19.9. The topological polar surface area (TPSA) is 110 Å². The molecule has 9 heteroatoms. The van der Waals surface area contributed by atoms with Gasteiger partial charge in [-0.3, -0.25) is 19.3 Å². The van der Waals surface area contributed by atoms with Crippen LogP contribution >= 0.6 is 21.0 Å². The van der Waals surface area contributed by atoms with Gasteiger partial charge in [-0.2, -0.15) is 11.8 Å². The molecule has 0 aromatic heterocycles. The van der Waals surface area contributed by atoms with Crippen molar-refractivity contribution in [1.82, 2.24) is 10.2 Å². The van der Waals surface area contributed by atoms with Crippen molar-refractivity contribution >= 4 is 44.4 Å². The average Bonchev–Trinajstić information content (AvgIpc) is 2.63. The standard InChI is InChI=1S/C11H18N3O4PS/c1-20-5-4-7(10(17)19)14-9(16)6(13-11(14)18)2-3-8(12)15/h6-7H,2-5,19H2,1H3,(H2,12,15)(H,13,18). The van der Waals surface area contributed by atoms with Crippen LogP contribution in [-0.2, 0) is 14.4 Å². The molecule has 0 spiro atoms. The number of thioether (sulfide) groups is 1. The van der Waals surface area contributed by atoms with Crippen LogP contribution < -0.4 is 11.1 Å². The van der Waals surface area contributed by atoms with Gasteiger partial charge in [-0.25, -0.2) is 4.79 Å². The second kappa shape index (κ2) is 7.59. The second-order valence-electron chi connectivity index (χ2n) is 4.41. The number of nitrogens with one attached hydrogen (secondary N) is 1. The molecule has 0 radical (unpaired) electrons. The molecule has 0 saturated carbocycles. The maximum absolute atomic E-state index is 12.2. The van der Waals surface area contributed by atoms with Crippen LogP contribution in [0.1, 0.15) is 19.3 Å². The number of amides is 4. The molecule has 1 fully saturated rings. The number of primary amides is 1. The summed E-state index contributed by atoms with van der Waals surface area (Å²) in [6.45, 7) is 0. The highest BCUT2D eigenvalue weighted by Gasteiger charge is 2.43. The molecule has 0 aromatic rings. The molecule has 1 saturated heterocycles. The monoisotopic (exact) mass is 319 g/mol. The van der Waals surface area contributed by atoms with Gasteiger partial charge in [0.2, 0.25) is 5.91 Å². The number of urea groups is 1. The van der Waals surface area contributed by atoms with E-state index < -0.39 is 29.9 Å². The predicted octanol–water partition coefficient (Wildman–Crippen LogP) is -0.304. The van der Waals surface area contributed by atoms with Crippen LogP contribution in [-0.4, -0.2) is 52.4 Å². The van der Waals surface area contributed by atoms with Crippen molar-refractivity contribution < 1.29 is 19.2 Å². The Balaban J connectivity index is 2.77. The van der Waals surface area contributed by atoms with Crippen molar-refractivity contribution in [3.8, 4) is 0 Å². The first-order valence-electron chi connectivity index (χ1n) is 6.08. The molecule has 1 rings (SSSR count). The minimum atomic E-state index is -0.781. The minimum absolute atomic E-state index is 0.00876. The van der Waals surface area contributed by atoms with Gasteiger partial charge in [-0.1, -0.05) is 9.24 Å². The Kier molecular flexibility index (Phi) is 6.42. The summed E-state index contributed by atoms with van der Waals surface area (Å²) in [5.74, 6) is -0.349. The SMILES string of the molecule is CSCCC(C(=O)P)N1C(=O)NC(CCC(N)=O)C1=O. The van der Waals surface area contributed by atoms with E-state index in [1.165, 1.54) is 11.8 Å². The van der Waals surface area contributed by atoms with Crippen LogP contribution in [0, 0.1) is 0 Å². The van der Waals surface area contributed by atoms with E-state index in [1.807, 2.05) is 15.5 Å². The van der Waals surface area contributed by atoms with Crippen LogP contribution in [0.25, 0.3) is 0 Å². The molecule has 0 aliphatic carbocycles. The molecule has 1 aliphatic heterocycles. The summed E-state index contributed by atoms with van der Waals surface area (Å²) in [5.41, 5.74) is 4.71. The summed E-state index contributed by atoms with van der Waals surface area (Å²) in [4.78, 5) is 47.3. The number of rotatable bonds is 8. The molecule has 0 bridgehead atoms. The second-order valence-corrected chi connectivity index (χ2v) is 5.97. The van der Waals surface area contributed by atoms with E-state index in [-0.39, 0.29) is 18.4 Å². The smallest absolute Gasteiger partial charge is 0.325 e. The first-order chi connectivity index (χ1) is 9.38. The number of carbonyl (C=O) groups is 4.